The van der Waals surface area contributed by atoms with E-state index in [0.29, 0.717) is 17.8 Å². The minimum absolute atomic E-state index is 0.0915. The van der Waals surface area contributed by atoms with Crippen molar-refractivity contribution in [1.29, 1.82) is 0 Å². The number of aryl methyl sites for hydroxylation is 2. The number of hydrogen-bond donors (Lipinski definition) is 2. The molecule has 0 saturated heterocycles. The molecular weight excluding hydrogens is 300 g/mol. The number of aromatic hydroxyl groups is 1. The van der Waals surface area contributed by atoms with Gasteiger partial charge in [0.05, 0.1) is 0 Å². The van der Waals surface area contributed by atoms with Gasteiger partial charge in [-0.05, 0) is 38.0 Å². The number of carbonyl (C=O) groups is 1. The average Bonchev–Trinajstić information content (AvgIpc) is 3.02. The molecule has 2 aromatic heterocycles. The van der Waals surface area contributed by atoms with Gasteiger partial charge in [-0.2, -0.15) is 0 Å². The standard InChI is InChI=1S/C15H16N4O2S/c1-9-13(22-15-18-17-10(2)19(9)15)14(21)16-8-7-11-3-5-12(20)6-4-11/h3-6,20H,7-8H2,1-2H3,(H,16,21). The van der Waals surface area contributed by atoms with Crippen molar-refractivity contribution in [2.45, 2.75) is 20.3 Å². The number of amides is 1. The molecule has 2 N–H and O–H groups in total. The van der Waals surface area contributed by atoms with Crippen LogP contribution in [-0.4, -0.2) is 32.2 Å². The van der Waals surface area contributed by atoms with Gasteiger partial charge in [0, 0.05) is 12.2 Å². The molecule has 0 fully saturated rings. The van der Waals surface area contributed by atoms with Crippen molar-refractivity contribution in [3.63, 3.8) is 0 Å². The van der Waals surface area contributed by atoms with Crippen molar-refractivity contribution in [3.05, 3.63) is 46.2 Å². The Morgan fingerprint density at radius 2 is 2.00 bits per heavy atom. The largest absolute Gasteiger partial charge is 0.508 e. The highest BCUT2D eigenvalue weighted by Crippen LogP contribution is 2.22. The molecule has 6 nitrogen and oxygen atoms in total. The van der Waals surface area contributed by atoms with E-state index in [1.54, 1.807) is 12.1 Å². The summed E-state index contributed by atoms with van der Waals surface area (Å²) >= 11 is 1.35. The highest BCUT2D eigenvalue weighted by atomic mass is 32.1. The number of carbonyl (C=O) groups excluding carboxylic acids is 1. The van der Waals surface area contributed by atoms with Gasteiger partial charge in [-0.25, -0.2) is 0 Å². The first kappa shape index (κ1) is 14.5. The number of nitrogens with zero attached hydrogens (tertiary/aromatic N) is 3. The van der Waals surface area contributed by atoms with Crippen molar-refractivity contribution < 1.29 is 9.90 Å². The summed E-state index contributed by atoms with van der Waals surface area (Å²) in [7, 11) is 0. The van der Waals surface area contributed by atoms with Gasteiger partial charge in [0.15, 0.2) is 0 Å². The molecule has 0 aliphatic rings. The molecule has 1 aromatic carbocycles. The number of aromatic nitrogens is 3. The fourth-order valence-electron chi connectivity index (χ4n) is 2.34. The number of hydrogen-bond acceptors (Lipinski definition) is 5. The van der Waals surface area contributed by atoms with Gasteiger partial charge in [-0.15, -0.1) is 10.2 Å². The first-order valence-electron chi connectivity index (χ1n) is 6.93. The van der Waals surface area contributed by atoms with Gasteiger partial charge < -0.3 is 10.4 Å². The summed E-state index contributed by atoms with van der Waals surface area (Å²) in [5, 5.41) is 20.2. The lowest BCUT2D eigenvalue weighted by Crippen LogP contribution is -2.25. The van der Waals surface area contributed by atoms with Crippen molar-refractivity contribution in [3.8, 4) is 5.75 Å². The molecule has 0 spiro atoms. The van der Waals surface area contributed by atoms with E-state index in [2.05, 4.69) is 15.5 Å². The Morgan fingerprint density at radius 3 is 2.68 bits per heavy atom. The first-order chi connectivity index (χ1) is 10.6. The zero-order valence-corrected chi connectivity index (χ0v) is 13.1. The minimum atomic E-state index is -0.0915. The van der Waals surface area contributed by atoms with Gasteiger partial charge >= 0.3 is 0 Å². The van der Waals surface area contributed by atoms with Gasteiger partial charge in [-0.3, -0.25) is 9.20 Å². The molecule has 2 heterocycles. The number of rotatable bonds is 4. The number of fused-ring (bicyclic) bond motifs is 1. The van der Waals surface area contributed by atoms with E-state index in [1.165, 1.54) is 11.3 Å². The van der Waals surface area contributed by atoms with E-state index >= 15 is 0 Å². The van der Waals surface area contributed by atoms with Crippen LogP contribution >= 0.6 is 11.3 Å². The molecule has 0 bridgehead atoms. The van der Waals surface area contributed by atoms with Crippen molar-refractivity contribution in [1.82, 2.24) is 19.9 Å². The molecule has 7 heteroatoms. The van der Waals surface area contributed by atoms with Crippen molar-refractivity contribution in [2.75, 3.05) is 6.54 Å². The third kappa shape index (κ3) is 2.67. The van der Waals surface area contributed by atoms with E-state index in [-0.39, 0.29) is 11.7 Å². The second kappa shape index (κ2) is 5.76. The molecule has 22 heavy (non-hydrogen) atoms. The molecule has 0 saturated carbocycles. The maximum atomic E-state index is 12.3. The smallest absolute Gasteiger partial charge is 0.263 e. The highest BCUT2D eigenvalue weighted by molar-refractivity contribution is 7.19. The van der Waals surface area contributed by atoms with E-state index in [4.69, 9.17) is 0 Å². The zero-order valence-electron chi connectivity index (χ0n) is 12.3. The van der Waals surface area contributed by atoms with E-state index in [1.807, 2.05) is 30.4 Å². The third-order valence-corrected chi connectivity index (χ3v) is 4.63. The summed E-state index contributed by atoms with van der Waals surface area (Å²) in [6.45, 7) is 4.31. The van der Waals surface area contributed by atoms with Gasteiger partial charge in [0.2, 0.25) is 4.96 Å². The summed E-state index contributed by atoms with van der Waals surface area (Å²) in [6, 6.07) is 6.98. The monoisotopic (exact) mass is 316 g/mol. The summed E-state index contributed by atoms with van der Waals surface area (Å²) in [6.07, 6.45) is 0.716. The lowest BCUT2D eigenvalue weighted by Gasteiger charge is -2.05. The third-order valence-electron chi connectivity index (χ3n) is 3.49. The summed E-state index contributed by atoms with van der Waals surface area (Å²) in [5.74, 6) is 0.937. The van der Waals surface area contributed by atoms with E-state index in [0.717, 1.165) is 22.0 Å². The predicted molar refractivity (Wildman–Crippen MR) is 84.5 cm³/mol. The SMILES string of the molecule is Cc1nnc2sc(C(=O)NCCc3ccc(O)cc3)c(C)n12. The number of phenolic OH excluding ortho intramolecular Hbond substituents is 1. The topological polar surface area (TPSA) is 79.5 Å². The Balaban J connectivity index is 1.66. The number of benzene rings is 1. The minimum Gasteiger partial charge on any atom is -0.508 e. The molecule has 0 aliphatic carbocycles. The van der Waals surface area contributed by atoms with Crippen LogP contribution in [0.2, 0.25) is 0 Å². The van der Waals surface area contributed by atoms with Crippen LogP contribution in [0.4, 0.5) is 0 Å². The van der Waals surface area contributed by atoms with Crippen molar-refractivity contribution >= 4 is 22.2 Å². The molecule has 1 amide bonds. The molecule has 0 atom stereocenters. The van der Waals surface area contributed by atoms with Crippen LogP contribution in [0.3, 0.4) is 0 Å². The molecule has 0 radical (unpaired) electrons. The average molecular weight is 316 g/mol. The highest BCUT2D eigenvalue weighted by Gasteiger charge is 2.17. The van der Waals surface area contributed by atoms with Crippen LogP contribution in [-0.2, 0) is 6.42 Å². The molecule has 3 aromatic rings. The first-order valence-corrected chi connectivity index (χ1v) is 7.75. The van der Waals surface area contributed by atoms with Crippen LogP contribution < -0.4 is 5.32 Å². The second-order valence-corrected chi connectivity index (χ2v) is 6.03. The van der Waals surface area contributed by atoms with Crippen LogP contribution in [0.25, 0.3) is 4.96 Å². The molecule has 0 unspecified atom stereocenters. The lowest BCUT2D eigenvalue weighted by molar-refractivity contribution is 0.0957. The maximum Gasteiger partial charge on any atom is 0.263 e. The Kier molecular flexibility index (Phi) is 3.81. The fraction of sp³-hybridized carbons (Fsp3) is 0.267. The molecule has 3 rings (SSSR count). The van der Waals surface area contributed by atoms with Crippen LogP contribution in [0, 0.1) is 13.8 Å². The molecular formula is C15H16N4O2S. The summed E-state index contributed by atoms with van der Waals surface area (Å²) in [4.78, 5) is 13.7. The second-order valence-electron chi connectivity index (χ2n) is 5.05. The number of phenols is 1. The zero-order chi connectivity index (χ0) is 15.7. The molecule has 0 aliphatic heterocycles. The summed E-state index contributed by atoms with van der Waals surface area (Å²) in [5.41, 5.74) is 1.93. The van der Waals surface area contributed by atoms with E-state index < -0.39 is 0 Å². The van der Waals surface area contributed by atoms with E-state index in [9.17, 15) is 9.90 Å². The lowest BCUT2D eigenvalue weighted by atomic mass is 10.1. The maximum absolute atomic E-state index is 12.3. The van der Waals surface area contributed by atoms with Gasteiger partial charge in [0.25, 0.3) is 5.91 Å². The predicted octanol–water partition coefficient (Wildman–Crippen LogP) is 2.09. The van der Waals surface area contributed by atoms with Crippen LogP contribution in [0.5, 0.6) is 5.75 Å². The Labute approximate surface area is 131 Å². The van der Waals surface area contributed by atoms with Crippen molar-refractivity contribution in [2.24, 2.45) is 0 Å². The molecule has 114 valence electrons. The Morgan fingerprint density at radius 1 is 1.27 bits per heavy atom. The van der Waals surface area contributed by atoms with Gasteiger partial charge in [0.1, 0.15) is 16.5 Å². The quantitative estimate of drug-likeness (QED) is 0.772. The van der Waals surface area contributed by atoms with Crippen LogP contribution in [0.15, 0.2) is 24.3 Å². The normalized spacial score (nSPS) is 11.0. The number of nitrogens with one attached hydrogen (secondary N) is 1. The summed E-state index contributed by atoms with van der Waals surface area (Å²) < 4.78 is 1.89. The van der Waals surface area contributed by atoms with Gasteiger partial charge in [-0.1, -0.05) is 23.5 Å². The Bertz CT molecular complexity index is 820. The van der Waals surface area contributed by atoms with Crippen LogP contribution in [0.1, 0.15) is 26.8 Å². The number of thiazole rings is 1. The fourth-order valence-corrected chi connectivity index (χ4v) is 3.36. The Hall–Kier alpha value is -2.41.